The Morgan fingerprint density at radius 1 is 1.10 bits per heavy atom. The predicted molar refractivity (Wildman–Crippen MR) is 86.1 cm³/mol. The van der Waals surface area contributed by atoms with Crippen molar-refractivity contribution in [3.8, 4) is 5.75 Å². The second-order valence-electron chi connectivity index (χ2n) is 4.50. The van der Waals surface area contributed by atoms with Crippen LogP contribution >= 0.6 is 23.2 Å². The number of nitrogens with one attached hydrogen (secondary N) is 1. The number of hydrogen-bond donors (Lipinski definition) is 1. The van der Waals surface area contributed by atoms with Crippen LogP contribution in [0.15, 0.2) is 42.5 Å². The summed E-state index contributed by atoms with van der Waals surface area (Å²) >= 11 is 12.1. The van der Waals surface area contributed by atoms with E-state index >= 15 is 0 Å². The highest BCUT2D eigenvalue weighted by Gasteiger charge is 2.07. The Bertz CT molecular complexity index is 569. The molecule has 0 saturated heterocycles. The van der Waals surface area contributed by atoms with Crippen molar-refractivity contribution in [1.82, 2.24) is 0 Å². The predicted octanol–water partition coefficient (Wildman–Crippen LogP) is 5.57. The van der Waals surface area contributed by atoms with Gasteiger partial charge in [0.1, 0.15) is 5.75 Å². The lowest BCUT2D eigenvalue weighted by atomic mass is 10.1. The summed E-state index contributed by atoms with van der Waals surface area (Å²) in [5, 5.41) is 4.76. The summed E-state index contributed by atoms with van der Waals surface area (Å²) in [4.78, 5) is 0. The Labute approximate surface area is 129 Å². The maximum atomic E-state index is 6.18. The van der Waals surface area contributed by atoms with Crippen molar-refractivity contribution in [2.75, 3.05) is 11.9 Å². The Morgan fingerprint density at radius 3 is 2.40 bits per heavy atom. The van der Waals surface area contributed by atoms with E-state index in [-0.39, 0.29) is 6.04 Å². The highest BCUT2D eigenvalue weighted by Crippen LogP contribution is 2.29. The molecule has 0 fully saturated rings. The van der Waals surface area contributed by atoms with E-state index in [2.05, 4.69) is 12.2 Å². The van der Waals surface area contributed by atoms with Crippen LogP contribution in [0.4, 0.5) is 5.69 Å². The standard InChI is InChI=1S/C16H17Cl2NO/c1-3-20-16-9-8-14(10-15(16)18)19-11(2)12-4-6-13(17)7-5-12/h4-11,19H,3H2,1-2H3. The van der Waals surface area contributed by atoms with Crippen LogP contribution < -0.4 is 10.1 Å². The molecule has 2 aromatic rings. The zero-order valence-electron chi connectivity index (χ0n) is 11.5. The monoisotopic (exact) mass is 309 g/mol. The van der Waals surface area contributed by atoms with Gasteiger partial charge in [-0.25, -0.2) is 0 Å². The highest BCUT2D eigenvalue weighted by atomic mass is 35.5. The smallest absolute Gasteiger partial charge is 0.138 e. The van der Waals surface area contributed by atoms with Gasteiger partial charge in [-0.15, -0.1) is 0 Å². The molecule has 1 unspecified atom stereocenters. The average molecular weight is 310 g/mol. The number of benzene rings is 2. The first-order chi connectivity index (χ1) is 9.60. The molecule has 2 nitrogen and oxygen atoms in total. The molecule has 0 heterocycles. The van der Waals surface area contributed by atoms with E-state index in [9.17, 15) is 0 Å². The fourth-order valence-electron chi connectivity index (χ4n) is 1.95. The first-order valence-corrected chi connectivity index (χ1v) is 7.30. The van der Waals surface area contributed by atoms with Crippen molar-refractivity contribution >= 4 is 28.9 Å². The fraction of sp³-hybridized carbons (Fsp3) is 0.250. The van der Waals surface area contributed by atoms with E-state index in [1.807, 2.05) is 49.4 Å². The average Bonchev–Trinajstić information content (AvgIpc) is 2.42. The minimum absolute atomic E-state index is 0.168. The number of halogens is 2. The highest BCUT2D eigenvalue weighted by molar-refractivity contribution is 6.32. The van der Waals surface area contributed by atoms with Gasteiger partial charge in [0.05, 0.1) is 11.6 Å². The Kier molecular flexibility index (Phi) is 5.16. The van der Waals surface area contributed by atoms with Crippen molar-refractivity contribution in [3.63, 3.8) is 0 Å². The van der Waals surface area contributed by atoms with Gasteiger partial charge < -0.3 is 10.1 Å². The summed E-state index contributed by atoms with van der Waals surface area (Å²) in [5.74, 6) is 0.707. The maximum absolute atomic E-state index is 6.18. The quantitative estimate of drug-likeness (QED) is 0.780. The van der Waals surface area contributed by atoms with Crippen LogP contribution in [0.25, 0.3) is 0 Å². The van der Waals surface area contributed by atoms with Crippen LogP contribution in [-0.4, -0.2) is 6.61 Å². The topological polar surface area (TPSA) is 21.3 Å². The minimum Gasteiger partial charge on any atom is -0.492 e. The second kappa shape index (κ2) is 6.87. The third kappa shape index (κ3) is 3.81. The van der Waals surface area contributed by atoms with E-state index in [4.69, 9.17) is 27.9 Å². The molecule has 0 aliphatic carbocycles. The number of hydrogen-bond acceptors (Lipinski definition) is 2. The van der Waals surface area contributed by atoms with Crippen molar-refractivity contribution in [2.24, 2.45) is 0 Å². The Hall–Kier alpha value is -1.38. The lowest BCUT2D eigenvalue weighted by molar-refractivity contribution is 0.340. The molecule has 0 spiro atoms. The molecule has 0 saturated carbocycles. The fourth-order valence-corrected chi connectivity index (χ4v) is 2.31. The molecule has 0 amide bonds. The Balaban J connectivity index is 2.09. The molecule has 2 rings (SSSR count). The van der Waals surface area contributed by atoms with Crippen molar-refractivity contribution in [3.05, 3.63) is 58.1 Å². The summed E-state index contributed by atoms with van der Waals surface area (Å²) in [5.41, 5.74) is 2.13. The largest absolute Gasteiger partial charge is 0.492 e. The summed E-state index contributed by atoms with van der Waals surface area (Å²) < 4.78 is 5.42. The lowest BCUT2D eigenvalue weighted by Crippen LogP contribution is -2.06. The van der Waals surface area contributed by atoms with Gasteiger partial charge in [-0.1, -0.05) is 35.3 Å². The van der Waals surface area contributed by atoms with Gasteiger partial charge >= 0.3 is 0 Å². The van der Waals surface area contributed by atoms with E-state index in [1.54, 1.807) is 0 Å². The van der Waals surface area contributed by atoms with Gasteiger partial charge in [0, 0.05) is 16.8 Å². The molecule has 0 aromatic heterocycles. The van der Waals surface area contributed by atoms with Gasteiger partial charge in [0.25, 0.3) is 0 Å². The maximum Gasteiger partial charge on any atom is 0.138 e. The van der Waals surface area contributed by atoms with E-state index in [0.717, 1.165) is 10.7 Å². The SMILES string of the molecule is CCOc1ccc(NC(C)c2ccc(Cl)cc2)cc1Cl. The van der Waals surface area contributed by atoms with Gasteiger partial charge in [-0.2, -0.15) is 0 Å². The minimum atomic E-state index is 0.168. The first kappa shape index (κ1) is 15.0. The molecule has 20 heavy (non-hydrogen) atoms. The van der Waals surface area contributed by atoms with Crippen LogP contribution in [0, 0.1) is 0 Å². The van der Waals surface area contributed by atoms with Crippen LogP contribution in [-0.2, 0) is 0 Å². The van der Waals surface area contributed by atoms with Gasteiger partial charge in [0.2, 0.25) is 0 Å². The van der Waals surface area contributed by atoms with Gasteiger partial charge in [0.15, 0.2) is 0 Å². The normalized spacial score (nSPS) is 12.0. The summed E-state index contributed by atoms with van der Waals surface area (Å²) in [6.07, 6.45) is 0. The van der Waals surface area contributed by atoms with Gasteiger partial charge in [-0.05, 0) is 49.7 Å². The van der Waals surface area contributed by atoms with Crippen molar-refractivity contribution in [2.45, 2.75) is 19.9 Å². The third-order valence-corrected chi connectivity index (χ3v) is 3.53. The molecular formula is C16H17Cl2NO. The second-order valence-corrected chi connectivity index (χ2v) is 5.34. The number of ether oxygens (including phenoxy) is 1. The lowest BCUT2D eigenvalue weighted by Gasteiger charge is -2.17. The zero-order chi connectivity index (χ0) is 14.5. The van der Waals surface area contributed by atoms with Crippen LogP contribution in [0.2, 0.25) is 10.0 Å². The molecule has 0 aliphatic heterocycles. The van der Waals surface area contributed by atoms with Crippen LogP contribution in [0.1, 0.15) is 25.5 Å². The van der Waals surface area contributed by atoms with E-state index in [0.29, 0.717) is 17.4 Å². The van der Waals surface area contributed by atoms with Gasteiger partial charge in [-0.3, -0.25) is 0 Å². The molecule has 0 radical (unpaired) electrons. The molecular weight excluding hydrogens is 293 g/mol. The molecule has 1 N–H and O–H groups in total. The molecule has 2 aromatic carbocycles. The number of anilines is 1. The molecule has 106 valence electrons. The Morgan fingerprint density at radius 2 is 1.80 bits per heavy atom. The molecule has 0 bridgehead atoms. The van der Waals surface area contributed by atoms with Crippen LogP contribution in [0.5, 0.6) is 5.75 Å². The molecule has 4 heteroatoms. The zero-order valence-corrected chi connectivity index (χ0v) is 13.0. The summed E-state index contributed by atoms with van der Waals surface area (Å²) in [6.45, 7) is 4.63. The van der Waals surface area contributed by atoms with Crippen LogP contribution in [0.3, 0.4) is 0 Å². The third-order valence-electron chi connectivity index (χ3n) is 2.98. The molecule has 0 aliphatic rings. The van der Waals surface area contributed by atoms with E-state index < -0.39 is 0 Å². The van der Waals surface area contributed by atoms with Crippen molar-refractivity contribution in [1.29, 1.82) is 0 Å². The van der Waals surface area contributed by atoms with Crippen molar-refractivity contribution < 1.29 is 4.74 Å². The summed E-state index contributed by atoms with van der Waals surface area (Å²) in [6, 6.07) is 13.7. The number of rotatable bonds is 5. The first-order valence-electron chi connectivity index (χ1n) is 6.54. The summed E-state index contributed by atoms with van der Waals surface area (Å²) in [7, 11) is 0. The molecule has 1 atom stereocenters. The van der Waals surface area contributed by atoms with E-state index in [1.165, 1.54) is 5.56 Å².